The first-order chi connectivity index (χ1) is 16.9. The van der Waals surface area contributed by atoms with Crippen LogP contribution < -0.4 is 15.4 Å². The second-order valence-corrected chi connectivity index (χ2v) is 9.16. The highest BCUT2D eigenvalue weighted by molar-refractivity contribution is 6.05. The van der Waals surface area contributed by atoms with E-state index in [0.717, 1.165) is 42.7 Å². The second-order valence-electron chi connectivity index (χ2n) is 9.16. The molecule has 2 heterocycles. The van der Waals surface area contributed by atoms with Crippen molar-refractivity contribution in [1.82, 2.24) is 15.5 Å². The molecule has 1 aromatic rings. The van der Waals surface area contributed by atoms with Gasteiger partial charge in [0.2, 0.25) is 17.8 Å². The topological polar surface area (TPSA) is 109 Å². The molecule has 0 spiro atoms. The molecule has 2 aliphatic rings. The van der Waals surface area contributed by atoms with Crippen LogP contribution in [-0.2, 0) is 25.7 Å². The van der Waals surface area contributed by atoms with E-state index in [-0.39, 0.29) is 23.9 Å². The lowest BCUT2D eigenvalue weighted by Gasteiger charge is -2.24. The fourth-order valence-electron chi connectivity index (χ4n) is 4.26. The van der Waals surface area contributed by atoms with Crippen LogP contribution in [0.15, 0.2) is 23.2 Å². The predicted molar refractivity (Wildman–Crippen MR) is 133 cm³/mol. The smallest absolute Gasteiger partial charge is 0.302 e. The molecule has 35 heavy (non-hydrogen) atoms. The molecule has 3 rings (SSSR count). The summed E-state index contributed by atoms with van der Waals surface area (Å²) in [5.41, 5.74) is 1.90. The maximum Gasteiger partial charge on any atom is 0.302 e. The minimum Gasteiger partial charge on any atom is -0.490 e. The van der Waals surface area contributed by atoms with Gasteiger partial charge in [0.25, 0.3) is 0 Å². The summed E-state index contributed by atoms with van der Waals surface area (Å²) in [6, 6.07) is 5.90. The van der Waals surface area contributed by atoms with Gasteiger partial charge in [-0.3, -0.25) is 19.7 Å². The lowest BCUT2D eigenvalue weighted by molar-refractivity contribution is -0.141. The molecule has 9 nitrogen and oxygen atoms in total. The zero-order chi connectivity index (χ0) is 25.0. The van der Waals surface area contributed by atoms with Crippen LogP contribution in [0, 0.1) is 0 Å². The van der Waals surface area contributed by atoms with Crippen molar-refractivity contribution in [1.29, 1.82) is 0 Å². The van der Waals surface area contributed by atoms with E-state index < -0.39 is 0 Å². The molecule has 2 aliphatic heterocycles. The minimum absolute atomic E-state index is 0.00812. The third kappa shape index (κ3) is 8.88. The number of hydrogen-bond donors (Lipinski definition) is 2. The lowest BCUT2D eigenvalue weighted by atomic mass is 10.0. The average molecular weight is 487 g/mol. The number of unbranched alkanes of at least 4 members (excludes halogenated alkanes) is 3. The Morgan fingerprint density at radius 3 is 2.77 bits per heavy atom. The van der Waals surface area contributed by atoms with Crippen LogP contribution in [0.1, 0.15) is 77.2 Å². The van der Waals surface area contributed by atoms with Gasteiger partial charge in [-0.1, -0.05) is 26.2 Å². The first-order valence-electron chi connectivity index (χ1n) is 12.8. The van der Waals surface area contributed by atoms with Crippen molar-refractivity contribution in [3.63, 3.8) is 0 Å². The second kappa shape index (κ2) is 13.7. The van der Waals surface area contributed by atoms with Crippen LogP contribution in [0.2, 0.25) is 0 Å². The molecule has 192 valence electrons. The van der Waals surface area contributed by atoms with Crippen LogP contribution in [0.25, 0.3) is 0 Å². The summed E-state index contributed by atoms with van der Waals surface area (Å²) >= 11 is 0. The van der Waals surface area contributed by atoms with Crippen molar-refractivity contribution >= 4 is 29.4 Å². The first kappa shape index (κ1) is 26.5. The number of esters is 1. The van der Waals surface area contributed by atoms with E-state index in [1.54, 1.807) is 0 Å². The Morgan fingerprint density at radius 1 is 1.14 bits per heavy atom. The summed E-state index contributed by atoms with van der Waals surface area (Å²) in [6.45, 7) is 5.35. The highest BCUT2D eigenvalue weighted by Gasteiger charge is 2.29. The number of hydrogen-bond acceptors (Lipinski definition) is 7. The highest BCUT2D eigenvalue weighted by atomic mass is 16.5. The molecular weight excluding hydrogens is 448 g/mol. The number of benzene rings is 1. The third-order valence-electron chi connectivity index (χ3n) is 6.08. The first-order valence-corrected chi connectivity index (χ1v) is 12.8. The fourth-order valence-corrected chi connectivity index (χ4v) is 4.26. The Hall–Kier alpha value is -3.10. The SMILES string of the molecule is CCCCCCC(CCCC(=O)NCCCOC(C)=O)Oc1ccc2c(c1)CN1CC(=O)NC1=N2. The molecule has 0 bridgehead atoms. The average Bonchev–Trinajstić information content (AvgIpc) is 3.18. The monoisotopic (exact) mass is 486 g/mol. The van der Waals surface area contributed by atoms with Crippen LogP contribution in [0.3, 0.4) is 0 Å². The zero-order valence-corrected chi connectivity index (χ0v) is 20.9. The van der Waals surface area contributed by atoms with Crippen molar-refractivity contribution in [2.75, 3.05) is 19.7 Å². The molecule has 9 heteroatoms. The van der Waals surface area contributed by atoms with Gasteiger partial charge in [0.05, 0.1) is 18.4 Å². The number of aliphatic imine (C=N–C) groups is 1. The summed E-state index contributed by atoms with van der Waals surface area (Å²) in [7, 11) is 0. The van der Waals surface area contributed by atoms with E-state index in [9.17, 15) is 14.4 Å². The Morgan fingerprint density at radius 2 is 1.97 bits per heavy atom. The molecule has 1 unspecified atom stereocenters. The van der Waals surface area contributed by atoms with Crippen molar-refractivity contribution in [2.45, 2.75) is 84.3 Å². The Kier molecular flexibility index (Phi) is 10.4. The molecule has 2 amide bonds. The van der Waals surface area contributed by atoms with Crippen LogP contribution in [-0.4, -0.2) is 54.4 Å². The number of nitrogens with zero attached hydrogens (tertiary/aromatic N) is 2. The Balaban J connectivity index is 1.48. The van der Waals surface area contributed by atoms with Gasteiger partial charge in [-0.15, -0.1) is 0 Å². The lowest BCUT2D eigenvalue weighted by Crippen LogP contribution is -2.32. The van der Waals surface area contributed by atoms with E-state index in [1.807, 2.05) is 23.1 Å². The molecule has 0 aromatic heterocycles. The largest absolute Gasteiger partial charge is 0.490 e. The zero-order valence-electron chi connectivity index (χ0n) is 20.9. The molecule has 1 saturated heterocycles. The number of guanidine groups is 1. The standard InChI is InChI=1S/C26H38N4O5/c1-3-4-5-6-9-21(10-7-11-24(32)27-14-8-15-34-19(2)31)35-22-12-13-23-20(16-22)17-30-18-25(33)29-26(30)28-23/h12-13,16,21H,3-11,14-15,17-18H2,1-2H3,(H,27,32)(H,28,29,33). The normalized spacial score (nSPS) is 15.0. The number of ether oxygens (including phenoxy) is 2. The highest BCUT2D eigenvalue weighted by Crippen LogP contribution is 2.31. The van der Waals surface area contributed by atoms with Crippen LogP contribution in [0.4, 0.5) is 5.69 Å². The molecule has 0 radical (unpaired) electrons. The summed E-state index contributed by atoms with van der Waals surface area (Å²) in [6.07, 6.45) is 8.27. The molecule has 1 atom stereocenters. The van der Waals surface area contributed by atoms with Crippen molar-refractivity contribution in [3.05, 3.63) is 23.8 Å². The number of carbonyl (C=O) groups is 3. The van der Waals surface area contributed by atoms with Crippen molar-refractivity contribution in [2.24, 2.45) is 4.99 Å². The third-order valence-corrected chi connectivity index (χ3v) is 6.08. The fraction of sp³-hybridized carbons (Fsp3) is 0.615. The number of rotatable bonds is 15. The van der Waals surface area contributed by atoms with Gasteiger partial charge in [0, 0.05) is 32.0 Å². The van der Waals surface area contributed by atoms with Crippen LogP contribution >= 0.6 is 0 Å². The number of carbonyl (C=O) groups excluding carboxylic acids is 3. The maximum absolute atomic E-state index is 12.1. The summed E-state index contributed by atoms with van der Waals surface area (Å²) < 4.78 is 11.3. The molecule has 1 fully saturated rings. The molecule has 0 saturated carbocycles. The minimum atomic E-state index is -0.305. The summed E-state index contributed by atoms with van der Waals surface area (Å²) in [5.74, 6) is 1.09. The van der Waals surface area contributed by atoms with E-state index in [0.29, 0.717) is 45.0 Å². The Labute approximate surface area is 207 Å². The van der Waals surface area contributed by atoms with Crippen molar-refractivity contribution < 1.29 is 23.9 Å². The van der Waals surface area contributed by atoms with Gasteiger partial charge in [-0.25, -0.2) is 4.99 Å². The maximum atomic E-state index is 12.1. The summed E-state index contributed by atoms with van der Waals surface area (Å²) in [5, 5.41) is 5.66. The van der Waals surface area contributed by atoms with E-state index >= 15 is 0 Å². The van der Waals surface area contributed by atoms with E-state index in [2.05, 4.69) is 22.5 Å². The molecular formula is C26H38N4O5. The molecule has 0 aliphatic carbocycles. The van der Waals surface area contributed by atoms with Crippen molar-refractivity contribution in [3.8, 4) is 5.75 Å². The number of amides is 2. The van der Waals surface area contributed by atoms with E-state index in [4.69, 9.17) is 9.47 Å². The quantitative estimate of drug-likeness (QED) is 0.290. The van der Waals surface area contributed by atoms with Gasteiger partial charge in [-0.2, -0.15) is 0 Å². The molecule has 1 aromatic carbocycles. The van der Waals surface area contributed by atoms with Gasteiger partial charge >= 0.3 is 5.97 Å². The van der Waals surface area contributed by atoms with Gasteiger partial charge in [0.1, 0.15) is 12.3 Å². The number of nitrogens with one attached hydrogen (secondary N) is 2. The number of fused-ring (bicyclic) bond motifs is 2. The van der Waals surface area contributed by atoms with Crippen LogP contribution in [0.5, 0.6) is 5.75 Å². The van der Waals surface area contributed by atoms with Gasteiger partial charge < -0.3 is 19.7 Å². The Bertz CT molecular complexity index is 917. The summed E-state index contributed by atoms with van der Waals surface area (Å²) in [4.78, 5) is 41.1. The van der Waals surface area contributed by atoms with Gasteiger partial charge in [0.15, 0.2) is 0 Å². The molecule has 2 N–H and O–H groups in total. The van der Waals surface area contributed by atoms with Gasteiger partial charge in [-0.05, 0) is 50.3 Å². The predicted octanol–water partition coefficient (Wildman–Crippen LogP) is 3.58. The van der Waals surface area contributed by atoms with E-state index in [1.165, 1.54) is 26.2 Å².